The first-order valence-electron chi connectivity index (χ1n) is 12.0. The van der Waals surface area contributed by atoms with E-state index in [1.54, 1.807) is 15.9 Å². The molecule has 3 aliphatic heterocycles. The number of piperazine rings is 1. The highest BCUT2D eigenvalue weighted by Crippen LogP contribution is 2.43. The molecule has 1 aromatic carbocycles. The first-order valence-corrected chi connectivity index (χ1v) is 12.4. The molecule has 4 aliphatic rings. The molecule has 190 valence electrons. The number of hydrogen-bond acceptors (Lipinski definition) is 4. The van der Waals surface area contributed by atoms with Crippen LogP contribution in [0.5, 0.6) is 0 Å². The van der Waals surface area contributed by atoms with Crippen molar-refractivity contribution in [3.05, 3.63) is 64.7 Å². The Bertz CT molecular complexity index is 1230. The molecule has 5 rings (SSSR count). The molecular weight excluding hydrogens is 490 g/mol. The molecule has 7 nitrogen and oxygen atoms in total. The smallest absolute Gasteiger partial charge is 0.346 e. The van der Waals surface area contributed by atoms with Crippen LogP contribution in [-0.4, -0.2) is 82.9 Å². The Hall–Kier alpha value is -3.04. The Morgan fingerprint density at radius 1 is 1.22 bits per heavy atom. The molecule has 0 bridgehead atoms. The van der Waals surface area contributed by atoms with Crippen molar-refractivity contribution in [2.75, 3.05) is 26.2 Å². The van der Waals surface area contributed by atoms with E-state index in [-0.39, 0.29) is 28.6 Å². The number of aliphatic imine (C=N–C) groups is 1. The van der Waals surface area contributed by atoms with E-state index in [1.165, 1.54) is 18.2 Å². The average molecular weight is 517 g/mol. The number of ether oxygens (including phenoxy) is 1. The number of amidine groups is 1. The number of carbonyl (C=O) groups excluding carboxylic acids is 2. The molecular formula is C26H27ClF2N4O3. The van der Waals surface area contributed by atoms with Crippen LogP contribution in [-0.2, 0) is 9.53 Å². The van der Waals surface area contributed by atoms with Gasteiger partial charge in [0.1, 0.15) is 23.6 Å². The van der Waals surface area contributed by atoms with Crippen LogP contribution in [0.4, 0.5) is 13.6 Å². The highest BCUT2D eigenvalue weighted by atomic mass is 35.5. The zero-order chi connectivity index (χ0) is 25.7. The van der Waals surface area contributed by atoms with Crippen molar-refractivity contribution in [2.45, 2.75) is 44.5 Å². The summed E-state index contributed by atoms with van der Waals surface area (Å²) in [4.78, 5) is 35.5. The number of benzene rings is 1. The van der Waals surface area contributed by atoms with Crippen LogP contribution in [0.2, 0.25) is 0 Å². The Morgan fingerprint density at radius 2 is 2.00 bits per heavy atom. The number of allylic oxidation sites excluding steroid dienone is 2. The van der Waals surface area contributed by atoms with E-state index < -0.39 is 29.8 Å². The first-order chi connectivity index (χ1) is 17.2. The summed E-state index contributed by atoms with van der Waals surface area (Å²) >= 11 is 6.76. The lowest BCUT2D eigenvalue weighted by molar-refractivity contribution is -0.130. The van der Waals surface area contributed by atoms with Gasteiger partial charge in [0.05, 0.1) is 6.04 Å². The zero-order valence-electron chi connectivity index (χ0n) is 20.1. The van der Waals surface area contributed by atoms with Crippen molar-refractivity contribution in [3.8, 4) is 0 Å². The lowest BCUT2D eigenvalue weighted by Crippen LogP contribution is -2.62. The van der Waals surface area contributed by atoms with E-state index in [9.17, 15) is 18.4 Å². The molecule has 2 saturated heterocycles. The maximum atomic E-state index is 14.9. The Kier molecular flexibility index (Phi) is 6.46. The van der Waals surface area contributed by atoms with Gasteiger partial charge >= 0.3 is 6.03 Å². The predicted octanol–water partition coefficient (Wildman–Crippen LogP) is 3.95. The molecule has 0 radical (unpaired) electrons. The number of halogens is 3. The van der Waals surface area contributed by atoms with Gasteiger partial charge in [0.25, 0.3) is 0 Å². The topological polar surface area (TPSA) is 65.5 Å². The number of hydrogen-bond donors (Lipinski definition) is 0. The largest absolute Gasteiger partial charge is 0.371 e. The van der Waals surface area contributed by atoms with Crippen molar-refractivity contribution < 1.29 is 23.1 Å². The minimum Gasteiger partial charge on any atom is -0.371 e. The van der Waals surface area contributed by atoms with Crippen molar-refractivity contribution in [1.82, 2.24) is 14.7 Å². The highest BCUT2D eigenvalue weighted by molar-refractivity contribution is 6.35. The quantitative estimate of drug-likeness (QED) is 0.558. The SMILES string of the molecule is C=CC(=O)N1C[C@H](C)N(C2=NC(=O)N3CCCOC4C(c5ccc(F)cc5F)=C(Cl)C=C2C43)C[C@H]1C. The van der Waals surface area contributed by atoms with E-state index in [0.717, 1.165) is 6.07 Å². The summed E-state index contributed by atoms with van der Waals surface area (Å²) in [7, 11) is 0. The fraction of sp³-hybridized carbons (Fsp3) is 0.423. The Balaban J connectivity index is 1.60. The molecule has 0 saturated carbocycles. The van der Waals surface area contributed by atoms with Crippen LogP contribution in [0.1, 0.15) is 25.8 Å². The second-order valence-corrected chi connectivity index (χ2v) is 9.94. The number of carbonyl (C=O) groups is 2. The van der Waals surface area contributed by atoms with Crippen LogP contribution in [0.15, 0.2) is 52.5 Å². The van der Waals surface area contributed by atoms with Crippen molar-refractivity contribution >= 4 is 34.9 Å². The highest BCUT2D eigenvalue weighted by Gasteiger charge is 2.48. The van der Waals surface area contributed by atoms with Gasteiger partial charge in [0.2, 0.25) is 5.91 Å². The molecule has 2 fully saturated rings. The van der Waals surface area contributed by atoms with Crippen LogP contribution in [0.25, 0.3) is 5.57 Å². The summed E-state index contributed by atoms with van der Waals surface area (Å²) < 4.78 is 34.7. The van der Waals surface area contributed by atoms with Crippen molar-refractivity contribution in [2.24, 2.45) is 4.99 Å². The summed E-state index contributed by atoms with van der Waals surface area (Å²) in [5, 5.41) is 0.252. The van der Waals surface area contributed by atoms with Crippen molar-refractivity contribution in [1.29, 1.82) is 0 Å². The second-order valence-electron chi connectivity index (χ2n) is 9.53. The predicted molar refractivity (Wildman–Crippen MR) is 132 cm³/mol. The zero-order valence-corrected chi connectivity index (χ0v) is 20.8. The first kappa shape index (κ1) is 24.6. The van der Waals surface area contributed by atoms with Gasteiger partial charge in [0.15, 0.2) is 0 Å². The molecule has 3 amide bonds. The van der Waals surface area contributed by atoms with Gasteiger partial charge in [-0.3, -0.25) is 4.79 Å². The molecule has 2 unspecified atom stereocenters. The summed E-state index contributed by atoms with van der Waals surface area (Å²) in [6, 6.07) is 2.10. The van der Waals surface area contributed by atoms with E-state index >= 15 is 0 Å². The minimum absolute atomic E-state index is 0.132. The lowest BCUT2D eigenvalue weighted by Gasteiger charge is -2.49. The Labute approximate surface area is 213 Å². The number of urea groups is 1. The van der Waals surface area contributed by atoms with Gasteiger partial charge in [-0.2, -0.15) is 4.99 Å². The third-order valence-corrected chi connectivity index (χ3v) is 7.56. The van der Waals surface area contributed by atoms with E-state index in [2.05, 4.69) is 11.6 Å². The molecule has 0 N–H and O–H groups in total. The fourth-order valence-corrected chi connectivity index (χ4v) is 5.87. The molecule has 0 spiro atoms. The van der Waals surface area contributed by atoms with Crippen LogP contribution < -0.4 is 0 Å². The molecule has 1 aromatic rings. The van der Waals surface area contributed by atoms with Gasteiger partial charge in [-0.1, -0.05) is 18.2 Å². The van der Waals surface area contributed by atoms with Crippen LogP contribution in [0.3, 0.4) is 0 Å². The van der Waals surface area contributed by atoms with Crippen LogP contribution in [0, 0.1) is 11.6 Å². The van der Waals surface area contributed by atoms with Gasteiger partial charge in [-0.05, 0) is 44.6 Å². The minimum atomic E-state index is -0.749. The normalized spacial score (nSPS) is 28.4. The van der Waals surface area contributed by atoms with Gasteiger partial charge < -0.3 is 19.4 Å². The maximum Gasteiger partial charge on any atom is 0.346 e. The molecule has 1 aliphatic carbocycles. The van der Waals surface area contributed by atoms with Gasteiger partial charge in [-0.15, -0.1) is 0 Å². The van der Waals surface area contributed by atoms with E-state index in [0.29, 0.717) is 49.6 Å². The Morgan fingerprint density at radius 3 is 2.72 bits per heavy atom. The number of nitrogens with zero attached hydrogens (tertiary/aromatic N) is 4. The van der Waals surface area contributed by atoms with Gasteiger partial charge in [0, 0.05) is 66.1 Å². The third-order valence-electron chi connectivity index (χ3n) is 7.25. The molecule has 0 aromatic heterocycles. The third kappa shape index (κ3) is 4.04. The monoisotopic (exact) mass is 516 g/mol. The average Bonchev–Trinajstić information content (AvgIpc) is 3.07. The molecule has 36 heavy (non-hydrogen) atoms. The van der Waals surface area contributed by atoms with E-state index in [1.807, 2.05) is 18.7 Å². The second kappa shape index (κ2) is 9.44. The molecule has 3 heterocycles. The summed E-state index contributed by atoms with van der Waals surface area (Å²) in [5.74, 6) is -1.10. The summed E-state index contributed by atoms with van der Waals surface area (Å²) in [5.41, 5.74) is 1.23. The number of rotatable bonds is 2. The van der Waals surface area contributed by atoms with Crippen LogP contribution >= 0.6 is 11.6 Å². The van der Waals surface area contributed by atoms with Gasteiger partial charge in [-0.25, -0.2) is 13.6 Å². The standard InChI is InChI=1S/C26H27ClF2N4O3/c1-4-21(34)32-12-15(3)33(13-14(32)2)25-18-11-19(27)22(17-7-6-16(28)10-20(17)29)24-23(18)31(26(35)30-25)8-5-9-36-24/h4,6-7,10-11,14-15,23-24H,1,5,8-9,12-13H2,2-3H3/t14-,15+,23?,24?/m1/s1. The fourth-order valence-electron chi connectivity index (χ4n) is 5.54. The maximum absolute atomic E-state index is 14.9. The number of amides is 3. The van der Waals surface area contributed by atoms with E-state index in [4.69, 9.17) is 16.3 Å². The molecule has 10 heteroatoms. The summed E-state index contributed by atoms with van der Waals surface area (Å²) in [6.07, 6.45) is 2.86. The lowest BCUT2D eigenvalue weighted by atomic mass is 9.83. The summed E-state index contributed by atoms with van der Waals surface area (Å²) in [6.45, 7) is 9.18. The van der Waals surface area contributed by atoms with Crippen molar-refractivity contribution in [3.63, 3.8) is 0 Å². The molecule has 4 atom stereocenters.